The van der Waals surface area contributed by atoms with Crippen LogP contribution in [0.1, 0.15) is 31.0 Å². The van der Waals surface area contributed by atoms with E-state index in [9.17, 15) is 4.79 Å². The van der Waals surface area contributed by atoms with Crippen molar-refractivity contribution in [2.45, 2.75) is 39.3 Å². The first kappa shape index (κ1) is 16.0. The summed E-state index contributed by atoms with van der Waals surface area (Å²) in [6.45, 7) is 7.63. The van der Waals surface area contributed by atoms with Crippen LogP contribution in [0.2, 0.25) is 5.02 Å². The molecule has 4 heterocycles. The van der Waals surface area contributed by atoms with Crippen molar-refractivity contribution in [3.63, 3.8) is 0 Å². The van der Waals surface area contributed by atoms with E-state index in [4.69, 9.17) is 11.6 Å². The summed E-state index contributed by atoms with van der Waals surface area (Å²) in [5.74, 6) is 0.809. The number of nitrogens with one attached hydrogen (secondary N) is 1. The molecule has 0 aliphatic carbocycles. The largest absolute Gasteiger partial charge is 0.356 e. The van der Waals surface area contributed by atoms with Gasteiger partial charge in [-0.05, 0) is 37.3 Å². The fraction of sp³-hybridized carbons (Fsp3) is 0.526. The third-order valence-corrected chi connectivity index (χ3v) is 6.09. The lowest BCUT2D eigenvalue weighted by Crippen LogP contribution is -2.43. The number of para-hydroxylation sites is 1. The summed E-state index contributed by atoms with van der Waals surface area (Å²) in [6.07, 6.45) is 2.43. The Hall–Kier alpha value is -1.52. The molecule has 0 unspecified atom stereocenters. The van der Waals surface area contributed by atoms with Gasteiger partial charge in [0.2, 0.25) is 5.91 Å². The van der Waals surface area contributed by atoms with E-state index < -0.39 is 0 Å². The van der Waals surface area contributed by atoms with Gasteiger partial charge in [0, 0.05) is 50.2 Å². The van der Waals surface area contributed by atoms with Gasteiger partial charge in [0.1, 0.15) is 0 Å². The van der Waals surface area contributed by atoms with Crippen molar-refractivity contribution in [2.75, 3.05) is 19.6 Å². The number of hydrogen-bond donors (Lipinski definition) is 1. The van der Waals surface area contributed by atoms with E-state index in [-0.39, 0.29) is 5.91 Å². The van der Waals surface area contributed by atoms with Gasteiger partial charge in [-0.3, -0.25) is 9.69 Å². The first-order chi connectivity index (χ1) is 11.5. The van der Waals surface area contributed by atoms with Crippen LogP contribution in [0, 0.1) is 12.8 Å². The summed E-state index contributed by atoms with van der Waals surface area (Å²) in [7, 11) is 0. The number of carbonyl (C=O) groups is 1. The Labute approximate surface area is 147 Å². The van der Waals surface area contributed by atoms with Crippen LogP contribution in [-0.4, -0.2) is 46.4 Å². The van der Waals surface area contributed by atoms with E-state index in [0.29, 0.717) is 12.0 Å². The van der Waals surface area contributed by atoms with Gasteiger partial charge in [-0.25, -0.2) is 0 Å². The Morgan fingerprint density at radius 2 is 2.12 bits per heavy atom. The molecule has 2 atom stereocenters. The molecule has 3 aliphatic rings. The number of carbonyl (C=O) groups excluding carboxylic acids is 1. The predicted octanol–water partition coefficient (Wildman–Crippen LogP) is 3.57. The van der Waals surface area contributed by atoms with Gasteiger partial charge in [0.15, 0.2) is 0 Å². The number of H-pyrrole nitrogens is 1. The molecule has 5 rings (SSSR count). The number of aromatic nitrogens is 1. The quantitative estimate of drug-likeness (QED) is 0.903. The number of hydrogen-bond acceptors (Lipinski definition) is 2. The Balaban J connectivity index is 1.61. The van der Waals surface area contributed by atoms with E-state index in [2.05, 4.69) is 22.9 Å². The van der Waals surface area contributed by atoms with Gasteiger partial charge >= 0.3 is 0 Å². The maximum atomic E-state index is 11.8. The first-order valence-corrected chi connectivity index (χ1v) is 9.16. The summed E-state index contributed by atoms with van der Waals surface area (Å²) in [5.41, 5.74) is 3.58. The molecule has 1 aromatic heterocycles. The highest BCUT2D eigenvalue weighted by molar-refractivity contribution is 6.35. The number of aromatic amines is 1. The zero-order chi connectivity index (χ0) is 16.8. The average Bonchev–Trinajstić information content (AvgIpc) is 2.72. The summed E-state index contributed by atoms with van der Waals surface area (Å²) < 4.78 is 0. The van der Waals surface area contributed by atoms with Crippen molar-refractivity contribution in [2.24, 2.45) is 5.92 Å². The van der Waals surface area contributed by atoms with Crippen LogP contribution in [-0.2, 0) is 11.3 Å². The maximum absolute atomic E-state index is 11.8. The molecule has 4 nitrogen and oxygen atoms in total. The van der Waals surface area contributed by atoms with Gasteiger partial charge in [-0.1, -0.05) is 23.7 Å². The fourth-order valence-electron chi connectivity index (χ4n) is 4.36. The normalized spacial score (nSPS) is 24.5. The van der Waals surface area contributed by atoms with Crippen molar-refractivity contribution < 1.29 is 4.79 Å². The number of fused-ring (bicyclic) bond motifs is 5. The number of piperidine rings is 1. The highest BCUT2D eigenvalue weighted by Gasteiger charge is 2.35. The van der Waals surface area contributed by atoms with E-state index in [1.165, 1.54) is 29.5 Å². The summed E-state index contributed by atoms with van der Waals surface area (Å²) in [6, 6.07) is 6.53. The van der Waals surface area contributed by atoms with Gasteiger partial charge in [0.25, 0.3) is 0 Å². The van der Waals surface area contributed by atoms with Gasteiger partial charge in [0.05, 0.1) is 10.5 Å². The van der Waals surface area contributed by atoms with Gasteiger partial charge in [-0.2, -0.15) is 0 Å². The van der Waals surface area contributed by atoms with Crippen LogP contribution < -0.4 is 0 Å². The SMILES string of the molecule is CC(=O)N1C[C@@H]2CC[C@H](C1)N(Cc1[nH]c3c(Cl)cccc3c1C)C2. The van der Waals surface area contributed by atoms with Gasteiger partial charge in [-0.15, -0.1) is 0 Å². The molecule has 3 aliphatic heterocycles. The van der Waals surface area contributed by atoms with Gasteiger partial charge < -0.3 is 9.88 Å². The average molecular weight is 346 g/mol. The fourth-order valence-corrected chi connectivity index (χ4v) is 4.58. The molecular weight excluding hydrogens is 322 g/mol. The Morgan fingerprint density at radius 1 is 1.29 bits per heavy atom. The molecule has 1 N–H and O–H groups in total. The van der Waals surface area contributed by atoms with Crippen molar-refractivity contribution in [1.29, 1.82) is 0 Å². The zero-order valence-electron chi connectivity index (χ0n) is 14.3. The number of nitrogens with zero attached hydrogens (tertiary/aromatic N) is 2. The Kier molecular flexibility index (Phi) is 4.05. The maximum Gasteiger partial charge on any atom is 0.219 e. The van der Waals surface area contributed by atoms with Crippen LogP contribution in [0.4, 0.5) is 0 Å². The molecule has 0 saturated carbocycles. The minimum atomic E-state index is 0.210. The lowest BCUT2D eigenvalue weighted by molar-refractivity contribution is -0.129. The van der Waals surface area contributed by atoms with Crippen LogP contribution in [0.3, 0.4) is 0 Å². The topological polar surface area (TPSA) is 39.3 Å². The minimum absolute atomic E-state index is 0.210. The number of aryl methyl sites for hydroxylation is 1. The van der Waals surface area contributed by atoms with Crippen LogP contribution in [0.15, 0.2) is 18.2 Å². The monoisotopic (exact) mass is 345 g/mol. The van der Waals surface area contributed by atoms with Crippen molar-refractivity contribution in [1.82, 2.24) is 14.8 Å². The van der Waals surface area contributed by atoms with Crippen LogP contribution in [0.25, 0.3) is 10.9 Å². The molecule has 5 heteroatoms. The second-order valence-corrected chi connectivity index (χ2v) is 7.75. The van der Waals surface area contributed by atoms with E-state index in [1.54, 1.807) is 6.92 Å². The second kappa shape index (κ2) is 6.08. The third-order valence-electron chi connectivity index (χ3n) is 5.78. The Morgan fingerprint density at radius 3 is 2.88 bits per heavy atom. The lowest BCUT2D eigenvalue weighted by atomic mass is 9.94. The molecule has 2 bridgehead atoms. The zero-order valence-corrected chi connectivity index (χ0v) is 15.1. The third kappa shape index (κ3) is 2.72. The molecule has 1 amide bonds. The second-order valence-electron chi connectivity index (χ2n) is 7.34. The van der Waals surface area contributed by atoms with Crippen molar-refractivity contribution >= 4 is 28.4 Å². The number of halogens is 1. The van der Waals surface area contributed by atoms with E-state index >= 15 is 0 Å². The molecule has 3 saturated heterocycles. The highest BCUT2D eigenvalue weighted by atomic mass is 35.5. The summed E-state index contributed by atoms with van der Waals surface area (Å²) >= 11 is 6.34. The predicted molar refractivity (Wildman–Crippen MR) is 97.2 cm³/mol. The van der Waals surface area contributed by atoms with Crippen LogP contribution >= 0.6 is 11.6 Å². The van der Waals surface area contributed by atoms with E-state index in [0.717, 1.165) is 36.7 Å². The first-order valence-electron chi connectivity index (χ1n) is 8.78. The van der Waals surface area contributed by atoms with Crippen molar-refractivity contribution in [3.05, 3.63) is 34.5 Å². The molecule has 24 heavy (non-hydrogen) atoms. The van der Waals surface area contributed by atoms with Crippen molar-refractivity contribution in [3.8, 4) is 0 Å². The number of rotatable bonds is 2. The Bertz CT molecular complexity index is 784. The summed E-state index contributed by atoms with van der Waals surface area (Å²) in [4.78, 5) is 20.0. The van der Waals surface area contributed by atoms with E-state index in [1.807, 2.05) is 17.0 Å². The number of amides is 1. The minimum Gasteiger partial charge on any atom is -0.356 e. The molecule has 0 radical (unpaired) electrons. The smallest absolute Gasteiger partial charge is 0.219 e. The number of benzene rings is 1. The lowest BCUT2D eigenvalue weighted by Gasteiger charge is -2.35. The molecule has 2 aromatic rings. The standard InChI is InChI=1S/C19H24ClN3O/c1-12-16-4-3-5-17(20)19(16)21-18(12)11-23-9-14-6-7-15(23)10-22(8-14)13(2)24/h3-5,14-15,21H,6-11H2,1-2H3/t14-,15+/m0/s1. The summed E-state index contributed by atoms with van der Waals surface area (Å²) in [5, 5.41) is 1.99. The molecule has 3 fully saturated rings. The molecule has 0 spiro atoms. The molecule has 1 aromatic carbocycles. The molecule has 128 valence electrons. The molecular formula is C19H24ClN3O. The van der Waals surface area contributed by atoms with Crippen LogP contribution in [0.5, 0.6) is 0 Å². The highest BCUT2D eigenvalue weighted by Crippen LogP contribution is 2.32.